The summed E-state index contributed by atoms with van der Waals surface area (Å²) in [6.07, 6.45) is 0. The zero-order valence-electron chi connectivity index (χ0n) is 10.2. The van der Waals surface area contributed by atoms with E-state index in [2.05, 4.69) is 4.98 Å². The average molecular weight is 279 g/mol. The minimum atomic E-state index is -1.30. The largest absolute Gasteiger partial charge is 0.480 e. The number of nitro groups is 1. The third kappa shape index (κ3) is 2.16. The van der Waals surface area contributed by atoms with Crippen LogP contribution in [-0.4, -0.2) is 25.6 Å². The summed E-state index contributed by atoms with van der Waals surface area (Å²) in [5.74, 6) is -1.30. The SMILES string of the molecule is Cc1cc2c(cc1[N+](=O)[O-])[nH]c(=O)c(=O)n2CC(=O)O. The lowest BCUT2D eigenvalue weighted by atomic mass is 10.1. The second-order valence-electron chi connectivity index (χ2n) is 4.15. The fourth-order valence-corrected chi connectivity index (χ4v) is 1.90. The van der Waals surface area contributed by atoms with Crippen molar-refractivity contribution in [2.75, 3.05) is 0 Å². The lowest BCUT2D eigenvalue weighted by Gasteiger charge is -2.08. The standard InChI is InChI=1S/C11H9N3O6/c1-5-2-8-6(3-7(5)14(19)20)12-10(17)11(18)13(8)4-9(15)16/h2-3H,4H2,1H3,(H,12,17)(H,15,16). The number of H-pyrrole nitrogens is 1. The maximum absolute atomic E-state index is 11.7. The molecule has 2 N–H and O–H groups in total. The van der Waals surface area contributed by atoms with Crippen molar-refractivity contribution < 1.29 is 14.8 Å². The summed E-state index contributed by atoms with van der Waals surface area (Å²) in [7, 11) is 0. The van der Waals surface area contributed by atoms with Gasteiger partial charge in [0.05, 0.1) is 16.0 Å². The van der Waals surface area contributed by atoms with Crippen LogP contribution in [0.4, 0.5) is 5.69 Å². The van der Waals surface area contributed by atoms with Gasteiger partial charge in [0.2, 0.25) is 0 Å². The molecule has 0 aliphatic heterocycles. The van der Waals surface area contributed by atoms with Crippen LogP contribution in [0.2, 0.25) is 0 Å². The third-order valence-electron chi connectivity index (χ3n) is 2.78. The van der Waals surface area contributed by atoms with Crippen molar-refractivity contribution >= 4 is 22.7 Å². The first-order valence-electron chi connectivity index (χ1n) is 5.45. The zero-order chi connectivity index (χ0) is 15.0. The molecule has 0 unspecified atom stereocenters. The van der Waals surface area contributed by atoms with Gasteiger partial charge < -0.3 is 10.1 Å². The number of aliphatic carboxylic acids is 1. The molecule has 0 fully saturated rings. The summed E-state index contributed by atoms with van der Waals surface area (Å²) in [5.41, 5.74) is -1.86. The van der Waals surface area contributed by atoms with Gasteiger partial charge in [-0.05, 0) is 13.0 Å². The number of nitrogens with zero attached hydrogens (tertiary/aromatic N) is 2. The molecule has 0 spiro atoms. The molecule has 1 aromatic heterocycles. The van der Waals surface area contributed by atoms with Crippen molar-refractivity contribution in [3.8, 4) is 0 Å². The van der Waals surface area contributed by atoms with E-state index >= 15 is 0 Å². The number of nitro benzene ring substituents is 1. The molecule has 0 bridgehead atoms. The lowest BCUT2D eigenvalue weighted by Crippen LogP contribution is -2.37. The first kappa shape index (κ1) is 13.5. The van der Waals surface area contributed by atoms with Crippen molar-refractivity contribution in [3.05, 3.63) is 48.5 Å². The Bertz CT molecular complexity index is 848. The molecule has 1 heterocycles. The highest BCUT2D eigenvalue weighted by molar-refractivity contribution is 5.80. The molecule has 0 radical (unpaired) electrons. The van der Waals surface area contributed by atoms with E-state index in [1.165, 1.54) is 13.0 Å². The minimum absolute atomic E-state index is 0.0353. The van der Waals surface area contributed by atoms with Crippen molar-refractivity contribution in [2.45, 2.75) is 13.5 Å². The highest BCUT2D eigenvalue weighted by atomic mass is 16.6. The van der Waals surface area contributed by atoms with Gasteiger partial charge >= 0.3 is 17.1 Å². The fraction of sp³-hybridized carbons (Fsp3) is 0.182. The monoisotopic (exact) mass is 279 g/mol. The quantitative estimate of drug-likeness (QED) is 0.461. The Hall–Kier alpha value is -2.97. The second kappa shape index (κ2) is 4.61. The van der Waals surface area contributed by atoms with Gasteiger partial charge in [0, 0.05) is 11.6 Å². The van der Waals surface area contributed by atoms with Gasteiger partial charge in [0.1, 0.15) is 6.54 Å². The minimum Gasteiger partial charge on any atom is -0.480 e. The van der Waals surface area contributed by atoms with Crippen LogP contribution in [0.25, 0.3) is 11.0 Å². The van der Waals surface area contributed by atoms with Crippen LogP contribution in [0.15, 0.2) is 21.7 Å². The van der Waals surface area contributed by atoms with E-state index < -0.39 is 28.6 Å². The van der Waals surface area contributed by atoms with E-state index in [9.17, 15) is 24.5 Å². The normalized spacial score (nSPS) is 10.7. The molecule has 0 aliphatic rings. The van der Waals surface area contributed by atoms with Gasteiger partial charge in [-0.1, -0.05) is 0 Å². The maximum atomic E-state index is 11.7. The van der Waals surface area contributed by atoms with Crippen molar-refractivity contribution in [1.29, 1.82) is 0 Å². The predicted molar refractivity (Wildman–Crippen MR) is 67.9 cm³/mol. The average Bonchev–Trinajstić information content (AvgIpc) is 2.34. The van der Waals surface area contributed by atoms with Gasteiger partial charge in [-0.3, -0.25) is 29.1 Å². The molecule has 20 heavy (non-hydrogen) atoms. The van der Waals surface area contributed by atoms with Gasteiger partial charge in [-0.2, -0.15) is 0 Å². The molecule has 2 rings (SSSR count). The number of aromatic amines is 1. The molecular weight excluding hydrogens is 270 g/mol. The van der Waals surface area contributed by atoms with Gasteiger partial charge in [0.25, 0.3) is 5.69 Å². The Kier molecular flexibility index (Phi) is 3.10. The number of carboxylic acids is 1. The van der Waals surface area contributed by atoms with Crippen LogP contribution < -0.4 is 11.1 Å². The molecule has 9 nitrogen and oxygen atoms in total. The van der Waals surface area contributed by atoms with Gasteiger partial charge in [0.15, 0.2) is 0 Å². The summed E-state index contributed by atoms with van der Waals surface area (Å²) >= 11 is 0. The van der Waals surface area contributed by atoms with E-state index in [0.717, 1.165) is 10.6 Å². The van der Waals surface area contributed by atoms with E-state index in [0.29, 0.717) is 0 Å². The number of nitrogens with one attached hydrogen (secondary N) is 1. The third-order valence-corrected chi connectivity index (χ3v) is 2.78. The number of carboxylic acid groups (broad SMARTS) is 1. The highest BCUT2D eigenvalue weighted by Crippen LogP contribution is 2.22. The molecule has 0 amide bonds. The number of fused-ring (bicyclic) bond motifs is 1. The molecule has 2 aromatic rings. The van der Waals surface area contributed by atoms with Crippen molar-refractivity contribution in [3.63, 3.8) is 0 Å². The lowest BCUT2D eigenvalue weighted by molar-refractivity contribution is -0.385. The number of hydrogen-bond donors (Lipinski definition) is 2. The summed E-state index contributed by atoms with van der Waals surface area (Å²) in [6.45, 7) is 0.759. The number of carbonyl (C=O) groups is 1. The van der Waals surface area contributed by atoms with Crippen LogP contribution in [0.5, 0.6) is 0 Å². The Morgan fingerprint density at radius 1 is 1.45 bits per heavy atom. The van der Waals surface area contributed by atoms with Crippen molar-refractivity contribution in [1.82, 2.24) is 9.55 Å². The number of rotatable bonds is 3. The molecule has 104 valence electrons. The van der Waals surface area contributed by atoms with Crippen molar-refractivity contribution in [2.24, 2.45) is 0 Å². The maximum Gasteiger partial charge on any atom is 0.323 e. The first-order chi connectivity index (χ1) is 9.31. The summed E-state index contributed by atoms with van der Waals surface area (Å²) < 4.78 is 0.771. The first-order valence-corrected chi connectivity index (χ1v) is 5.45. The van der Waals surface area contributed by atoms with Gasteiger partial charge in [-0.25, -0.2) is 0 Å². The van der Waals surface area contributed by atoms with Gasteiger partial charge in [-0.15, -0.1) is 0 Å². The Morgan fingerprint density at radius 3 is 2.65 bits per heavy atom. The predicted octanol–water partition coefficient (Wildman–Crippen LogP) is -0.00898. The number of hydrogen-bond acceptors (Lipinski definition) is 5. The summed E-state index contributed by atoms with van der Waals surface area (Å²) in [5, 5.41) is 19.6. The van der Waals surface area contributed by atoms with Crippen LogP contribution in [0, 0.1) is 17.0 Å². The van der Waals surface area contributed by atoms with Crippen LogP contribution in [-0.2, 0) is 11.3 Å². The highest BCUT2D eigenvalue weighted by Gasteiger charge is 2.16. The van der Waals surface area contributed by atoms with Crippen LogP contribution >= 0.6 is 0 Å². The number of benzene rings is 1. The Morgan fingerprint density at radius 2 is 2.10 bits per heavy atom. The number of aryl methyl sites for hydroxylation is 1. The number of aromatic nitrogens is 2. The Labute approximate surface area is 110 Å². The molecule has 0 aliphatic carbocycles. The fourth-order valence-electron chi connectivity index (χ4n) is 1.90. The van der Waals surface area contributed by atoms with Crippen LogP contribution in [0.1, 0.15) is 5.56 Å². The molecule has 0 saturated carbocycles. The molecular formula is C11H9N3O6. The molecule has 9 heteroatoms. The molecule has 0 atom stereocenters. The summed E-state index contributed by atoms with van der Waals surface area (Å²) in [6, 6.07) is 2.40. The van der Waals surface area contributed by atoms with E-state index in [-0.39, 0.29) is 22.3 Å². The molecule has 0 saturated heterocycles. The van der Waals surface area contributed by atoms with E-state index in [4.69, 9.17) is 5.11 Å². The second-order valence-corrected chi connectivity index (χ2v) is 4.15. The molecule has 1 aromatic carbocycles. The van der Waals surface area contributed by atoms with E-state index in [1.54, 1.807) is 0 Å². The van der Waals surface area contributed by atoms with Crippen LogP contribution in [0.3, 0.4) is 0 Å². The topological polar surface area (TPSA) is 135 Å². The Balaban J connectivity index is 2.91. The smallest absolute Gasteiger partial charge is 0.323 e. The summed E-state index contributed by atoms with van der Waals surface area (Å²) in [4.78, 5) is 46.3. The zero-order valence-corrected chi connectivity index (χ0v) is 10.2. The van der Waals surface area contributed by atoms with E-state index in [1.807, 2.05) is 0 Å².